The van der Waals surface area contributed by atoms with E-state index in [-0.39, 0.29) is 29.5 Å². The molecular formula is C32H36N8O5S. The number of fused-ring (bicyclic) bond motifs is 1. The van der Waals surface area contributed by atoms with Crippen molar-refractivity contribution in [2.75, 3.05) is 49.4 Å². The zero-order chi connectivity index (χ0) is 33.2. The number of carbonyl (C=O) groups is 2. The Morgan fingerprint density at radius 1 is 1.07 bits per heavy atom. The second-order valence-corrected chi connectivity index (χ2v) is 13.6. The highest BCUT2D eigenvalue weighted by Crippen LogP contribution is 2.29. The van der Waals surface area contributed by atoms with Crippen molar-refractivity contribution in [3.8, 4) is 17.2 Å². The average Bonchev–Trinajstić information content (AvgIpc) is 3.46. The van der Waals surface area contributed by atoms with E-state index in [9.17, 15) is 23.3 Å². The zero-order valence-electron chi connectivity index (χ0n) is 26.4. The highest BCUT2D eigenvalue weighted by atomic mass is 32.2. The third-order valence-electron chi connectivity index (χ3n) is 7.63. The molecule has 14 heteroatoms. The van der Waals surface area contributed by atoms with Crippen molar-refractivity contribution in [1.29, 1.82) is 5.26 Å². The number of amides is 1. The Hall–Kier alpha value is -5.00. The smallest absolute Gasteiger partial charge is 0.410 e. The molecule has 0 unspecified atom stereocenters. The van der Waals surface area contributed by atoms with Gasteiger partial charge in [-0.25, -0.2) is 14.8 Å². The van der Waals surface area contributed by atoms with Crippen LogP contribution in [0.25, 0.3) is 22.2 Å². The monoisotopic (exact) mass is 644 g/mol. The first-order chi connectivity index (χ1) is 21.8. The van der Waals surface area contributed by atoms with Gasteiger partial charge in [0, 0.05) is 86.0 Å². The lowest BCUT2D eigenvalue weighted by Gasteiger charge is -2.36. The molecule has 1 fully saturated rings. The summed E-state index contributed by atoms with van der Waals surface area (Å²) >= 11 is 0. The van der Waals surface area contributed by atoms with Gasteiger partial charge in [-0.05, 0) is 51.1 Å². The first-order valence-electron chi connectivity index (χ1n) is 14.8. The molecule has 4 aromatic rings. The summed E-state index contributed by atoms with van der Waals surface area (Å²) in [6.07, 6.45) is 4.64. The van der Waals surface area contributed by atoms with Crippen LogP contribution in [0.5, 0.6) is 0 Å². The summed E-state index contributed by atoms with van der Waals surface area (Å²) in [5, 5.41) is 10.5. The molecule has 4 heterocycles. The van der Waals surface area contributed by atoms with Gasteiger partial charge in [-0.1, -0.05) is 13.0 Å². The molecule has 46 heavy (non-hydrogen) atoms. The number of nitrogens with one attached hydrogen (secondary N) is 2. The van der Waals surface area contributed by atoms with Crippen LogP contribution in [0.3, 0.4) is 0 Å². The number of hydrogen-bond donors (Lipinski definition) is 2. The van der Waals surface area contributed by atoms with Crippen molar-refractivity contribution in [3.63, 3.8) is 0 Å². The number of piperazine rings is 1. The Morgan fingerprint density at radius 3 is 2.41 bits per heavy atom. The van der Waals surface area contributed by atoms with Crippen LogP contribution in [0.1, 0.15) is 49.2 Å². The predicted octanol–water partition coefficient (Wildman–Crippen LogP) is 4.39. The fourth-order valence-electron chi connectivity index (χ4n) is 5.02. The number of nitrogens with zero attached hydrogens (tertiary/aromatic N) is 6. The normalized spacial score (nSPS) is 13.9. The average molecular weight is 645 g/mol. The molecule has 1 aliphatic rings. The summed E-state index contributed by atoms with van der Waals surface area (Å²) in [7, 11) is -2.50. The number of ether oxygens (including phenoxy) is 1. The second kappa shape index (κ2) is 12.8. The highest BCUT2D eigenvalue weighted by Gasteiger charge is 2.27. The molecular weight excluding hydrogens is 608 g/mol. The first-order valence-corrected chi connectivity index (χ1v) is 16.2. The molecule has 1 amide bonds. The van der Waals surface area contributed by atoms with Crippen molar-refractivity contribution >= 4 is 44.6 Å². The summed E-state index contributed by atoms with van der Waals surface area (Å²) < 4.78 is 34.2. The van der Waals surface area contributed by atoms with Gasteiger partial charge in [-0.15, -0.1) is 0 Å². The van der Waals surface area contributed by atoms with Crippen molar-refractivity contribution < 1.29 is 22.7 Å². The predicted molar refractivity (Wildman–Crippen MR) is 175 cm³/mol. The van der Waals surface area contributed by atoms with Crippen LogP contribution >= 0.6 is 0 Å². The number of pyridine rings is 2. The van der Waals surface area contributed by atoms with E-state index >= 15 is 0 Å². The number of ketones is 1. The van der Waals surface area contributed by atoms with Gasteiger partial charge in [0.15, 0.2) is 5.78 Å². The molecule has 1 aromatic carbocycles. The number of hydrogen-bond acceptors (Lipinski definition) is 9. The third kappa shape index (κ3) is 6.80. The van der Waals surface area contributed by atoms with Crippen molar-refractivity contribution in [2.45, 2.75) is 33.3 Å². The molecule has 0 atom stereocenters. The van der Waals surface area contributed by atoms with Crippen LogP contribution < -0.4 is 9.62 Å². The lowest BCUT2D eigenvalue weighted by molar-refractivity contribution is 0.0240. The molecule has 5 rings (SSSR count). The van der Waals surface area contributed by atoms with Crippen molar-refractivity contribution in [2.24, 2.45) is 0 Å². The fourth-order valence-corrected chi connectivity index (χ4v) is 5.96. The molecule has 2 N–H and O–H groups in total. The molecule has 0 saturated carbocycles. The third-order valence-corrected chi connectivity index (χ3v) is 9.18. The molecule has 3 aromatic heterocycles. The van der Waals surface area contributed by atoms with Crippen LogP contribution in [0, 0.1) is 11.3 Å². The molecule has 0 radical (unpaired) electrons. The number of carbonyl (C=O) groups excluding carboxylic acids is 2. The van der Waals surface area contributed by atoms with Gasteiger partial charge in [0.25, 0.3) is 0 Å². The largest absolute Gasteiger partial charge is 0.444 e. The minimum Gasteiger partial charge on any atom is -0.444 e. The van der Waals surface area contributed by atoms with E-state index in [4.69, 9.17) is 4.74 Å². The van der Waals surface area contributed by atoms with Crippen LogP contribution in [-0.2, 0) is 14.9 Å². The summed E-state index contributed by atoms with van der Waals surface area (Å²) in [6.45, 7) is 9.76. The van der Waals surface area contributed by atoms with E-state index in [1.165, 1.54) is 31.4 Å². The maximum absolute atomic E-state index is 13.8. The number of aromatic nitrogens is 3. The molecule has 240 valence electrons. The summed E-state index contributed by atoms with van der Waals surface area (Å²) in [5.41, 5.74) is 1.76. The van der Waals surface area contributed by atoms with Gasteiger partial charge in [-0.2, -0.15) is 18.0 Å². The molecule has 1 saturated heterocycles. The van der Waals surface area contributed by atoms with Gasteiger partial charge < -0.3 is 19.5 Å². The van der Waals surface area contributed by atoms with E-state index in [0.29, 0.717) is 42.8 Å². The number of anilines is 2. The SMILES string of the molecule is CCN(C)S(=O)(=O)Nc1cccc(C(=O)c2c[nH]c3ncc(-c4ccc(N5CCN(C(=O)OC(C)(C)C)CC5)nc4)cc23)c1C#N. The van der Waals surface area contributed by atoms with Gasteiger partial charge in [0.05, 0.1) is 11.3 Å². The topological polar surface area (TPSA) is 165 Å². The van der Waals surface area contributed by atoms with Gasteiger partial charge in [0.1, 0.15) is 23.1 Å². The Morgan fingerprint density at radius 2 is 1.78 bits per heavy atom. The highest BCUT2D eigenvalue weighted by molar-refractivity contribution is 7.90. The molecule has 0 bridgehead atoms. The van der Waals surface area contributed by atoms with Gasteiger partial charge in [0.2, 0.25) is 0 Å². The Bertz CT molecular complexity index is 1920. The van der Waals surface area contributed by atoms with E-state index in [2.05, 4.69) is 24.6 Å². The zero-order valence-corrected chi connectivity index (χ0v) is 27.2. The van der Waals surface area contributed by atoms with E-state index < -0.39 is 21.6 Å². The Labute approximate surface area is 268 Å². The standard InChI is InChI=1S/C32H36N8O5S/c1-6-38(5)46(43,44)37-27-9-7-8-23(25(27)17-33)29(41)26-20-36-30-24(26)16-22(19-35-30)21-10-11-28(34-18-21)39-12-14-40(15-13-39)31(42)45-32(2,3)4/h7-11,16,18-20,37H,6,12-15H2,1-5H3,(H,35,36). The lowest BCUT2D eigenvalue weighted by Crippen LogP contribution is -2.50. The summed E-state index contributed by atoms with van der Waals surface area (Å²) in [5.74, 6) is 0.328. The number of benzene rings is 1. The lowest BCUT2D eigenvalue weighted by atomic mass is 9.97. The number of aromatic amines is 1. The second-order valence-electron chi connectivity index (χ2n) is 11.9. The van der Waals surface area contributed by atoms with Crippen LogP contribution in [0.4, 0.5) is 16.3 Å². The quantitative estimate of drug-likeness (QED) is 0.265. The van der Waals surface area contributed by atoms with Crippen molar-refractivity contribution in [1.82, 2.24) is 24.2 Å². The van der Waals surface area contributed by atoms with Crippen molar-refractivity contribution in [3.05, 3.63) is 71.7 Å². The van der Waals surface area contributed by atoms with E-state index in [1.54, 1.807) is 24.2 Å². The Balaban J connectivity index is 1.36. The maximum atomic E-state index is 13.8. The van der Waals surface area contributed by atoms with Crippen LogP contribution in [0.15, 0.2) is 55.0 Å². The van der Waals surface area contributed by atoms with E-state index in [0.717, 1.165) is 21.2 Å². The molecule has 0 aliphatic carbocycles. The molecule has 1 aliphatic heterocycles. The summed E-state index contributed by atoms with van der Waals surface area (Å²) in [4.78, 5) is 42.2. The van der Waals surface area contributed by atoms with E-state index in [1.807, 2.05) is 45.0 Å². The Kier molecular flexibility index (Phi) is 9.00. The first kappa shape index (κ1) is 32.4. The van der Waals surface area contributed by atoms with Gasteiger partial charge >= 0.3 is 16.3 Å². The fraction of sp³-hybridized carbons (Fsp3) is 0.344. The van der Waals surface area contributed by atoms with Gasteiger partial charge in [-0.3, -0.25) is 9.52 Å². The summed E-state index contributed by atoms with van der Waals surface area (Å²) in [6, 6.07) is 12.1. The van der Waals surface area contributed by atoms with Crippen LogP contribution in [0.2, 0.25) is 0 Å². The number of H-pyrrole nitrogens is 1. The minimum atomic E-state index is -3.91. The number of rotatable bonds is 8. The molecule has 13 nitrogen and oxygen atoms in total. The molecule has 0 spiro atoms. The number of nitriles is 1. The van der Waals surface area contributed by atoms with Crippen LogP contribution in [-0.4, -0.2) is 89.8 Å². The maximum Gasteiger partial charge on any atom is 0.410 e. The minimum absolute atomic E-state index is 0.0183.